The largest absolute Gasteiger partial charge is 0.208 e. The van der Waals surface area contributed by atoms with Crippen LogP contribution in [0.2, 0.25) is 0 Å². The quantitative estimate of drug-likeness (QED) is 0.428. The minimum atomic E-state index is -0.807. The summed E-state index contributed by atoms with van der Waals surface area (Å²) in [7, 11) is 0. The molecule has 0 aromatic heterocycles. The highest BCUT2D eigenvalue weighted by Gasteiger charge is 2.26. The van der Waals surface area contributed by atoms with Gasteiger partial charge in [0.1, 0.15) is 11.6 Å². The summed E-state index contributed by atoms with van der Waals surface area (Å²) in [5.74, 6) is -1.63. The molecule has 2 aromatic rings. The molecule has 0 saturated heterocycles. The first-order chi connectivity index (χ1) is 14.0. The predicted octanol–water partition coefficient (Wildman–Crippen LogP) is 8.48. The SMILES string of the molecule is C/C=C/CCc1ccc2cc(C(F)=C(F)C3CCC(/C=C/C)CC3)ccc2c1F. The number of benzene rings is 2. The van der Waals surface area contributed by atoms with E-state index in [2.05, 4.69) is 6.08 Å². The molecule has 1 fully saturated rings. The minimum Gasteiger partial charge on any atom is -0.208 e. The zero-order valence-electron chi connectivity index (χ0n) is 17.2. The topological polar surface area (TPSA) is 0 Å². The van der Waals surface area contributed by atoms with Gasteiger partial charge >= 0.3 is 0 Å². The van der Waals surface area contributed by atoms with Crippen molar-refractivity contribution in [3.05, 3.63) is 77.4 Å². The van der Waals surface area contributed by atoms with Gasteiger partial charge in [0, 0.05) is 16.9 Å². The zero-order valence-corrected chi connectivity index (χ0v) is 17.2. The third-order valence-corrected chi connectivity index (χ3v) is 5.91. The molecular formula is C26H29F3. The first kappa shape index (κ1) is 21.4. The average Bonchev–Trinajstić information content (AvgIpc) is 2.75. The fourth-order valence-corrected chi connectivity index (χ4v) is 4.23. The van der Waals surface area contributed by atoms with Crippen LogP contribution in [0.1, 0.15) is 57.1 Å². The number of allylic oxidation sites excluding steroid dienone is 5. The lowest BCUT2D eigenvalue weighted by molar-refractivity contribution is 0.304. The summed E-state index contributed by atoms with van der Waals surface area (Å²) in [5.41, 5.74) is 0.829. The molecule has 2 aromatic carbocycles. The summed E-state index contributed by atoms with van der Waals surface area (Å²) < 4.78 is 44.4. The van der Waals surface area contributed by atoms with Gasteiger partial charge in [0.15, 0.2) is 5.83 Å². The number of halogens is 3. The first-order valence-electron chi connectivity index (χ1n) is 10.6. The van der Waals surface area contributed by atoms with Crippen molar-refractivity contribution < 1.29 is 13.2 Å². The van der Waals surface area contributed by atoms with E-state index >= 15 is 0 Å². The first-order valence-corrected chi connectivity index (χ1v) is 10.6. The van der Waals surface area contributed by atoms with Gasteiger partial charge in [-0.15, -0.1) is 0 Å². The standard InChI is InChI=1S/C26H29F3/c1-3-5-6-8-19-13-14-21-17-22(15-16-23(21)24(19)27)26(29)25(28)20-11-9-18(7-4-2)10-12-20/h3-5,7,13-18,20H,6,8-12H2,1-2H3/b5-3+,7-4+,26-25?. The highest BCUT2D eigenvalue weighted by Crippen LogP contribution is 2.38. The van der Waals surface area contributed by atoms with Crippen LogP contribution < -0.4 is 0 Å². The second-order valence-corrected chi connectivity index (χ2v) is 7.88. The molecule has 0 N–H and O–H groups in total. The molecular weight excluding hydrogens is 369 g/mol. The fourth-order valence-electron chi connectivity index (χ4n) is 4.23. The van der Waals surface area contributed by atoms with E-state index in [9.17, 15) is 13.2 Å². The van der Waals surface area contributed by atoms with Crippen molar-refractivity contribution in [2.75, 3.05) is 0 Å². The summed E-state index contributed by atoms with van der Waals surface area (Å²) in [6, 6.07) is 8.14. The number of hydrogen-bond donors (Lipinski definition) is 0. The average molecular weight is 399 g/mol. The van der Waals surface area contributed by atoms with Crippen LogP contribution >= 0.6 is 0 Å². The molecule has 3 rings (SSSR count). The molecule has 3 heteroatoms. The Morgan fingerprint density at radius 2 is 1.76 bits per heavy atom. The molecule has 1 aliphatic carbocycles. The van der Waals surface area contributed by atoms with E-state index in [1.54, 1.807) is 24.3 Å². The van der Waals surface area contributed by atoms with Gasteiger partial charge in [0.05, 0.1) is 0 Å². The van der Waals surface area contributed by atoms with Crippen LogP contribution in [0.4, 0.5) is 13.2 Å². The Morgan fingerprint density at radius 3 is 2.45 bits per heavy atom. The van der Waals surface area contributed by atoms with Crippen molar-refractivity contribution in [1.82, 2.24) is 0 Å². The highest BCUT2D eigenvalue weighted by molar-refractivity contribution is 5.87. The van der Waals surface area contributed by atoms with Crippen molar-refractivity contribution in [3.63, 3.8) is 0 Å². The molecule has 0 atom stereocenters. The maximum Gasteiger partial charge on any atom is 0.162 e. The molecule has 29 heavy (non-hydrogen) atoms. The molecule has 0 bridgehead atoms. The lowest BCUT2D eigenvalue weighted by Crippen LogP contribution is -2.14. The third kappa shape index (κ3) is 5.01. The Balaban J connectivity index is 1.82. The third-order valence-electron chi connectivity index (χ3n) is 5.91. The van der Waals surface area contributed by atoms with Crippen LogP contribution in [0.3, 0.4) is 0 Å². The van der Waals surface area contributed by atoms with Gasteiger partial charge in [0.2, 0.25) is 0 Å². The number of rotatable bonds is 6. The van der Waals surface area contributed by atoms with Gasteiger partial charge in [-0.25, -0.2) is 13.2 Å². The number of fused-ring (bicyclic) bond motifs is 1. The van der Waals surface area contributed by atoms with Crippen LogP contribution in [0.5, 0.6) is 0 Å². The van der Waals surface area contributed by atoms with Gasteiger partial charge in [-0.2, -0.15) is 0 Å². The van der Waals surface area contributed by atoms with Crippen molar-refractivity contribution >= 4 is 16.6 Å². The van der Waals surface area contributed by atoms with Gasteiger partial charge in [-0.1, -0.05) is 48.6 Å². The Labute approximate surface area is 171 Å². The van der Waals surface area contributed by atoms with E-state index in [-0.39, 0.29) is 17.3 Å². The zero-order chi connectivity index (χ0) is 20.8. The van der Waals surface area contributed by atoms with Gasteiger partial charge < -0.3 is 0 Å². The van der Waals surface area contributed by atoms with Gasteiger partial charge in [-0.05, 0) is 75.3 Å². The Hall–Kier alpha value is -2.29. The lowest BCUT2D eigenvalue weighted by Gasteiger charge is -2.25. The fraction of sp³-hybridized carbons (Fsp3) is 0.385. The van der Waals surface area contributed by atoms with Crippen LogP contribution in [-0.2, 0) is 6.42 Å². The van der Waals surface area contributed by atoms with E-state index in [1.165, 1.54) is 6.07 Å². The maximum atomic E-state index is 14.9. The van der Waals surface area contributed by atoms with Gasteiger partial charge in [-0.3, -0.25) is 0 Å². The molecule has 0 radical (unpaired) electrons. The van der Waals surface area contributed by atoms with E-state index in [0.29, 0.717) is 41.5 Å². The second kappa shape index (κ2) is 9.96. The van der Waals surface area contributed by atoms with Crippen LogP contribution in [-0.4, -0.2) is 0 Å². The normalized spacial score (nSPS) is 21.3. The summed E-state index contributed by atoms with van der Waals surface area (Å²) in [4.78, 5) is 0. The summed E-state index contributed by atoms with van der Waals surface area (Å²) >= 11 is 0. The van der Waals surface area contributed by atoms with Gasteiger partial charge in [0.25, 0.3) is 0 Å². The Morgan fingerprint density at radius 1 is 1.00 bits per heavy atom. The van der Waals surface area contributed by atoms with Crippen LogP contribution in [0.25, 0.3) is 16.6 Å². The van der Waals surface area contributed by atoms with E-state index in [1.807, 2.05) is 32.1 Å². The summed E-state index contributed by atoms with van der Waals surface area (Å²) in [6.45, 7) is 3.92. The Kier molecular flexibility index (Phi) is 7.35. The van der Waals surface area contributed by atoms with E-state index in [4.69, 9.17) is 0 Å². The monoisotopic (exact) mass is 398 g/mol. The summed E-state index contributed by atoms with van der Waals surface area (Å²) in [6.07, 6.45) is 12.6. The molecule has 154 valence electrons. The van der Waals surface area contributed by atoms with E-state index in [0.717, 1.165) is 19.3 Å². The Bertz CT molecular complexity index is 928. The van der Waals surface area contributed by atoms with Crippen molar-refractivity contribution in [3.8, 4) is 0 Å². The molecule has 0 amide bonds. The molecule has 0 nitrogen and oxygen atoms in total. The van der Waals surface area contributed by atoms with Crippen LogP contribution in [0.15, 0.2) is 60.5 Å². The van der Waals surface area contributed by atoms with Crippen molar-refractivity contribution in [2.45, 2.75) is 52.4 Å². The van der Waals surface area contributed by atoms with Crippen molar-refractivity contribution in [1.29, 1.82) is 0 Å². The number of hydrogen-bond acceptors (Lipinski definition) is 0. The molecule has 0 heterocycles. The predicted molar refractivity (Wildman–Crippen MR) is 116 cm³/mol. The molecule has 1 saturated carbocycles. The summed E-state index contributed by atoms with van der Waals surface area (Å²) in [5, 5.41) is 1.04. The maximum absolute atomic E-state index is 14.9. The number of aryl methyl sites for hydroxylation is 1. The molecule has 0 spiro atoms. The highest BCUT2D eigenvalue weighted by atomic mass is 19.2. The minimum absolute atomic E-state index is 0.187. The van der Waals surface area contributed by atoms with Crippen molar-refractivity contribution in [2.24, 2.45) is 11.8 Å². The second-order valence-electron chi connectivity index (χ2n) is 7.88. The van der Waals surface area contributed by atoms with Crippen LogP contribution in [0, 0.1) is 17.7 Å². The molecule has 0 unspecified atom stereocenters. The molecule has 1 aliphatic rings. The smallest absolute Gasteiger partial charge is 0.162 e. The molecule has 0 aliphatic heterocycles. The lowest BCUT2D eigenvalue weighted by atomic mass is 9.81. The van der Waals surface area contributed by atoms with E-state index < -0.39 is 11.7 Å².